The largest absolute Gasteiger partial charge is 0.492 e. The fourth-order valence-corrected chi connectivity index (χ4v) is 1.61. The average molecular weight is 280 g/mol. The molecule has 0 fully saturated rings. The molecule has 0 heterocycles. The minimum Gasteiger partial charge on any atom is -0.492 e. The third-order valence-electron chi connectivity index (χ3n) is 2.79. The van der Waals surface area contributed by atoms with Crippen LogP contribution in [0.3, 0.4) is 0 Å². The molecule has 1 rings (SSSR count). The Bertz CT molecular complexity index is 391. The number of carbonyl (C=O) groups is 1. The Labute approximate surface area is 120 Å². The van der Waals surface area contributed by atoms with E-state index in [1.165, 1.54) is 5.56 Å². The third-order valence-corrected chi connectivity index (χ3v) is 2.79. The first-order valence-electron chi connectivity index (χ1n) is 6.87. The number of benzene rings is 1. The van der Waals surface area contributed by atoms with Crippen molar-refractivity contribution in [2.24, 2.45) is 0 Å². The van der Waals surface area contributed by atoms with E-state index in [0.29, 0.717) is 32.2 Å². The minimum atomic E-state index is -0.208. The molecule has 0 atom stereocenters. The molecule has 0 aromatic heterocycles. The molecule has 112 valence electrons. The quantitative estimate of drug-likeness (QED) is 0.717. The molecule has 0 saturated carbocycles. The van der Waals surface area contributed by atoms with Gasteiger partial charge in [0, 0.05) is 13.7 Å². The van der Waals surface area contributed by atoms with Crippen molar-refractivity contribution in [2.45, 2.75) is 19.8 Å². The number of ether oxygens (including phenoxy) is 2. The van der Waals surface area contributed by atoms with Crippen molar-refractivity contribution in [3.8, 4) is 5.75 Å². The van der Waals surface area contributed by atoms with E-state index in [1.807, 2.05) is 12.1 Å². The average Bonchev–Trinajstić information content (AvgIpc) is 2.44. The van der Waals surface area contributed by atoms with Gasteiger partial charge in [-0.2, -0.15) is 0 Å². The van der Waals surface area contributed by atoms with Gasteiger partial charge in [0.15, 0.2) is 0 Å². The fourth-order valence-electron chi connectivity index (χ4n) is 1.61. The lowest BCUT2D eigenvalue weighted by atomic mass is 10.0. The molecule has 0 aliphatic rings. The normalized spacial score (nSPS) is 10.4. The van der Waals surface area contributed by atoms with Crippen LogP contribution < -0.4 is 15.4 Å². The Kier molecular flexibility index (Phi) is 7.50. The Morgan fingerprint density at radius 1 is 1.10 bits per heavy atom. The second-order valence-electron chi connectivity index (χ2n) is 4.75. The molecule has 0 unspecified atom stereocenters. The fraction of sp³-hybridized carbons (Fsp3) is 0.533. The van der Waals surface area contributed by atoms with Crippen LogP contribution in [0.25, 0.3) is 0 Å². The van der Waals surface area contributed by atoms with Crippen LogP contribution in [0.1, 0.15) is 25.3 Å². The maximum atomic E-state index is 11.3. The lowest BCUT2D eigenvalue weighted by Gasteiger charge is -2.10. The first kappa shape index (κ1) is 16.3. The SMILES string of the molecule is COCCNC(=O)NCCOc1ccc(C(C)C)cc1. The van der Waals surface area contributed by atoms with Gasteiger partial charge in [0.1, 0.15) is 12.4 Å². The zero-order valence-electron chi connectivity index (χ0n) is 12.4. The van der Waals surface area contributed by atoms with E-state index in [9.17, 15) is 4.79 Å². The predicted octanol–water partition coefficient (Wildman–Crippen LogP) is 2.13. The maximum Gasteiger partial charge on any atom is 0.314 e. The van der Waals surface area contributed by atoms with E-state index in [4.69, 9.17) is 9.47 Å². The molecule has 0 radical (unpaired) electrons. The number of carbonyl (C=O) groups excluding carboxylic acids is 1. The van der Waals surface area contributed by atoms with Crippen LogP contribution in [0.15, 0.2) is 24.3 Å². The number of amides is 2. The Morgan fingerprint density at radius 3 is 2.25 bits per heavy atom. The molecule has 1 aromatic carbocycles. The smallest absolute Gasteiger partial charge is 0.314 e. The monoisotopic (exact) mass is 280 g/mol. The van der Waals surface area contributed by atoms with Crippen LogP contribution >= 0.6 is 0 Å². The Hall–Kier alpha value is -1.75. The predicted molar refractivity (Wildman–Crippen MR) is 79.3 cm³/mol. The minimum absolute atomic E-state index is 0.208. The summed E-state index contributed by atoms with van der Waals surface area (Å²) in [7, 11) is 1.60. The molecule has 2 N–H and O–H groups in total. The standard InChI is InChI=1S/C15H24N2O3/c1-12(2)13-4-6-14(7-5-13)20-11-9-17-15(18)16-8-10-19-3/h4-7,12H,8-11H2,1-3H3,(H2,16,17,18). The van der Waals surface area contributed by atoms with Gasteiger partial charge >= 0.3 is 6.03 Å². The molecule has 5 heteroatoms. The van der Waals surface area contributed by atoms with Crippen molar-refractivity contribution in [1.82, 2.24) is 10.6 Å². The van der Waals surface area contributed by atoms with E-state index in [2.05, 4.69) is 36.6 Å². The number of urea groups is 1. The molecular weight excluding hydrogens is 256 g/mol. The second-order valence-corrected chi connectivity index (χ2v) is 4.75. The van der Waals surface area contributed by atoms with Crippen LogP contribution in [-0.2, 0) is 4.74 Å². The van der Waals surface area contributed by atoms with Crippen molar-refractivity contribution < 1.29 is 14.3 Å². The molecule has 0 aliphatic heterocycles. The number of methoxy groups -OCH3 is 1. The van der Waals surface area contributed by atoms with E-state index >= 15 is 0 Å². The first-order chi connectivity index (χ1) is 9.63. The Morgan fingerprint density at radius 2 is 1.70 bits per heavy atom. The van der Waals surface area contributed by atoms with Crippen molar-refractivity contribution in [2.75, 3.05) is 33.4 Å². The van der Waals surface area contributed by atoms with Crippen LogP contribution in [0.4, 0.5) is 4.79 Å². The van der Waals surface area contributed by atoms with Crippen molar-refractivity contribution in [3.05, 3.63) is 29.8 Å². The van der Waals surface area contributed by atoms with Crippen molar-refractivity contribution >= 4 is 6.03 Å². The molecular formula is C15H24N2O3. The van der Waals surface area contributed by atoms with Gasteiger partial charge in [-0.1, -0.05) is 26.0 Å². The van der Waals surface area contributed by atoms with E-state index in [0.717, 1.165) is 5.75 Å². The molecule has 0 aliphatic carbocycles. The first-order valence-corrected chi connectivity index (χ1v) is 6.87. The van der Waals surface area contributed by atoms with Crippen LogP contribution in [0.5, 0.6) is 5.75 Å². The van der Waals surface area contributed by atoms with Crippen molar-refractivity contribution in [1.29, 1.82) is 0 Å². The zero-order valence-corrected chi connectivity index (χ0v) is 12.4. The highest BCUT2D eigenvalue weighted by Gasteiger charge is 2.01. The molecule has 2 amide bonds. The zero-order chi connectivity index (χ0) is 14.8. The van der Waals surface area contributed by atoms with Gasteiger partial charge in [-0.3, -0.25) is 0 Å². The maximum absolute atomic E-state index is 11.3. The van der Waals surface area contributed by atoms with E-state index in [1.54, 1.807) is 7.11 Å². The lowest BCUT2D eigenvalue weighted by Crippen LogP contribution is -2.39. The van der Waals surface area contributed by atoms with Gasteiger partial charge in [0.2, 0.25) is 0 Å². The summed E-state index contributed by atoms with van der Waals surface area (Å²) in [6.07, 6.45) is 0. The van der Waals surface area contributed by atoms with Gasteiger partial charge < -0.3 is 20.1 Å². The highest BCUT2D eigenvalue weighted by atomic mass is 16.5. The molecule has 0 saturated heterocycles. The lowest BCUT2D eigenvalue weighted by molar-refractivity contribution is 0.195. The highest BCUT2D eigenvalue weighted by molar-refractivity contribution is 5.73. The van der Waals surface area contributed by atoms with Crippen molar-refractivity contribution in [3.63, 3.8) is 0 Å². The number of hydrogen-bond acceptors (Lipinski definition) is 3. The van der Waals surface area contributed by atoms with Crippen LogP contribution in [-0.4, -0.2) is 39.4 Å². The van der Waals surface area contributed by atoms with Crippen LogP contribution in [0.2, 0.25) is 0 Å². The topological polar surface area (TPSA) is 59.6 Å². The molecule has 5 nitrogen and oxygen atoms in total. The number of rotatable bonds is 8. The number of nitrogens with one attached hydrogen (secondary N) is 2. The van der Waals surface area contributed by atoms with Gasteiger partial charge in [0.05, 0.1) is 13.2 Å². The van der Waals surface area contributed by atoms with Gasteiger partial charge in [-0.25, -0.2) is 4.79 Å². The Balaban J connectivity index is 2.16. The molecule has 0 spiro atoms. The number of hydrogen-bond donors (Lipinski definition) is 2. The van der Waals surface area contributed by atoms with Crippen LogP contribution in [0, 0.1) is 0 Å². The molecule has 1 aromatic rings. The van der Waals surface area contributed by atoms with Gasteiger partial charge in [-0.15, -0.1) is 0 Å². The summed E-state index contributed by atoms with van der Waals surface area (Å²) in [5.41, 5.74) is 1.29. The summed E-state index contributed by atoms with van der Waals surface area (Å²) in [6, 6.07) is 7.82. The summed E-state index contributed by atoms with van der Waals surface area (Å²) in [6.45, 7) is 6.22. The summed E-state index contributed by atoms with van der Waals surface area (Å²) in [5.74, 6) is 1.33. The summed E-state index contributed by atoms with van der Waals surface area (Å²) >= 11 is 0. The summed E-state index contributed by atoms with van der Waals surface area (Å²) < 4.78 is 10.4. The van der Waals surface area contributed by atoms with Gasteiger partial charge in [0.25, 0.3) is 0 Å². The van der Waals surface area contributed by atoms with Gasteiger partial charge in [-0.05, 0) is 23.6 Å². The third kappa shape index (κ3) is 6.43. The summed E-state index contributed by atoms with van der Waals surface area (Å²) in [5, 5.41) is 5.38. The molecule has 20 heavy (non-hydrogen) atoms. The van der Waals surface area contributed by atoms with E-state index in [-0.39, 0.29) is 6.03 Å². The van der Waals surface area contributed by atoms with E-state index < -0.39 is 0 Å². The second kappa shape index (κ2) is 9.20. The highest BCUT2D eigenvalue weighted by Crippen LogP contribution is 2.18. The molecule has 0 bridgehead atoms. The summed E-state index contributed by atoms with van der Waals surface area (Å²) in [4.78, 5) is 11.3.